The largest absolute Gasteiger partial charge is 0.457 e. The van der Waals surface area contributed by atoms with Crippen LogP contribution in [0.1, 0.15) is 5.56 Å². The van der Waals surface area contributed by atoms with Crippen LogP contribution in [-0.2, 0) is 6.42 Å². The van der Waals surface area contributed by atoms with Crippen molar-refractivity contribution in [1.82, 2.24) is 0 Å². The lowest BCUT2D eigenvalue weighted by Crippen LogP contribution is -1.93. The fraction of sp³-hybridized carbons (Fsp3) is 0.143. The molecule has 0 bridgehead atoms. The van der Waals surface area contributed by atoms with Crippen molar-refractivity contribution in [2.24, 2.45) is 0 Å². The zero-order chi connectivity index (χ0) is 12.1. The molecule has 2 aromatic rings. The van der Waals surface area contributed by atoms with Crippen LogP contribution in [0.15, 0.2) is 54.6 Å². The maximum Gasteiger partial charge on any atom is 0.127 e. The Labute approximate surface area is 118 Å². The van der Waals surface area contributed by atoms with Gasteiger partial charge in [0.2, 0.25) is 0 Å². The third-order valence-electron chi connectivity index (χ3n) is 2.27. The zero-order valence-electron chi connectivity index (χ0n) is 9.14. The first-order valence-corrected chi connectivity index (χ1v) is 7.17. The SMILES string of the molecule is BrC(Br)Cc1cccc(Oc2ccccc2)c1. The maximum atomic E-state index is 5.77. The zero-order valence-corrected chi connectivity index (χ0v) is 12.3. The second kappa shape index (κ2) is 6.22. The van der Waals surface area contributed by atoms with Gasteiger partial charge < -0.3 is 4.74 Å². The molecule has 0 N–H and O–H groups in total. The van der Waals surface area contributed by atoms with E-state index >= 15 is 0 Å². The molecule has 0 saturated heterocycles. The lowest BCUT2D eigenvalue weighted by atomic mass is 10.2. The summed E-state index contributed by atoms with van der Waals surface area (Å²) in [5.74, 6) is 1.73. The number of rotatable bonds is 4. The molecule has 88 valence electrons. The highest BCUT2D eigenvalue weighted by Gasteiger charge is 2.02. The van der Waals surface area contributed by atoms with E-state index in [1.807, 2.05) is 42.5 Å². The van der Waals surface area contributed by atoms with E-state index < -0.39 is 0 Å². The third kappa shape index (κ3) is 4.17. The van der Waals surface area contributed by atoms with Crippen LogP contribution in [0.2, 0.25) is 0 Å². The highest BCUT2D eigenvalue weighted by Crippen LogP contribution is 2.23. The fourth-order valence-electron chi connectivity index (χ4n) is 1.54. The van der Waals surface area contributed by atoms with Crippen LogP contribution in [0.4, 0.5) is 0 Å². The molecule has 0 saturated carbocycles. The standard InChI is InChI=1S/C14H12Br2O/c15-14(16)10-11-5-4-8-13(9-11)17-12-6-2-1-3-7-12/h1-9,14H,10H2. The van der Waals surface area contributed by atoms with E-state index in [0.29, 0.717) is 3.74 Å². The van der Waals surface area contributed by atoms with Crippen LogP contribution in [0.3, 0.4) is 0 Å². The highest BCUT2D eigenvalue weighted by molar-refractivity contribution is 9.24. The summed E-state index contributed by atoms with van der Waals surface area (Å²) in [5.41, 5.74) is 1.23. The van der Waals surface area contributed by atoms with Crippen molar-refractivity contribution in [2.45, 2.75) is 10.2 Å². The first-order chi connectivity index (χ1) is 8.24. The first kappa shape index (κ1) is 12.7. The third-order valence-corrected chi connectivity index (χ3v) is 2.91. The minimum atomic E-state index is 0.293. The number of halogens is 2. The van der Waals surface area contributed by atoms with E-state index in [0.717, 1.165) is 17.9 Å². The summed E-state index contributed by atoms with van der Waals surface area (Å²) in [6.07, 6.45) is 0.923. The Morgan fingerprint density at radius 2 is 1.59 bits per heavy atom. The molecule has 2 aromatic carbocycles. The topological polar surface area (TPSA) is 9.23 Å². The number of ether oxygens (including phenoxy) is 1. The molecule has 0 amide bonds. The van der Waals surface area contributed by atoms with Crippen molar-refractivity contribution >= 4 is 31.9 Å². The van der Waals surface area contributed by atoms with Crippen LogP contribution >= 0.6 is 31.9 Å². The summed E-state index contributed by atoms with van der Waals surface area (Å²) in [4.78, 5) is 0. The van der Waals surface area contributed by atoms with E-state index in [2.05, 4.69) is 44.0 Å². The molecule has 0 aliphatic carbocycles. The van der Waals surface area contributed by atoms with Crippen molar-refractivity contribution < 1.29 is 4.74 Å². The number of hydrogen-bond donors (Lipinski definition) is 0. The molecule has 0 heterocycles. The lowest BCUT2D eigenvalue weighted by molar-refractivity contribution is 0.482. The minimum absolute atomic E-state index is 0.293. The molecule has 0 aliphatic heterocycles. The molecular weight excluding hydrogens is 344 g/mol. The smallest absolute Gasteiger partial charge is 0.127 e. The van der Waals surface area contributed by atoms with Gasteiger partial charge in [-0.3, -0.25) is 0 Å². The molecule has 0 unspecified atom stereocenters. The van der Waals surface area contributed by atoms with Gasteiger partial charge in [-0.25, -0.2) is 0 Å². The van der Waals surface area contributed by atoms with Crippen LogP contribution in [-0.4, -0.2) is 3.74 Å². The molecule has 0 radical (unpaired) electrons. The van der Waals surface area contributed by atoms with Crippen LogP contribution < -0.4 is 4.74 Å². The Bertz CT molecular complexity index is 469. The average molecular weight is 356 g/mol. The predicted molar refractivity (Wildman–Crippen MR) is 78.3 cm³/mol. The van der Waals surface area contributed by atoms with Gasteiger partial charge >= 0.3 is 0 Å². The van der Waals surface area contributed by atoms with E-state index in [-0.39, 0.29) is 0 Å². The Kier molecular flexibility index (Phi) is 4.63. The molecule has 0 fully saturated rings. The van der Waals surface area contributed by atoms with Gasteiger partial charge in [-0.15, -0.1) is 0 Å². The summed E-state index contributed by atoms with van der Waals surface area (Å²) in [6.45, 7) is 0. The Hall–Kier alpha value is -0.800. The molecule has 0 aliphatic rings. The Morgan fingerprint density at radius 3 is 2.29 bits per heavy atom. The van der Waals surface area contributed by atoms with Gasteiger partial charge in [0, 0.05) is 0 Å². The number of alkyl halides is 2. The molecule has 17 heavy (non-hydrogen) atoms. The number of hydrogen-bond acceptors (Lipinski definition) is 1. The highest BCUT2D eigenvalue weighted by atomic mass is 79.9. The van der Waals surface area contributed by atoms with Gasteiger partial charge in [0.05, 0.1) is 3.74 Å². The Balaban J connectivity index is 2.11. The maximum absolute atomic E-state index is 5.77. The molecule has 0 spiro atoms. The summed E-state index contributed by atoms with van der Waals surface area (Å²) in [5, 5.41) is 0. The van der Waals surface area contributed by atoms with Crippen LogP contribution in [0.5, 0.6) is 11.5 Å². The van der Waals surface area contributed by atoms with Gasteiger partial charge in [-0.05, 0) is 36.2 Å². The van der Waals surface area contributed by atoms with E-state index in [9.17, 15) is 0 Å². The van der Waals surface area contributed by atoms with Gasteiger partial charge in [0.15, 0.2) is 0 Å². The van der Waals surface area contributed by atoms with Crippen LogP contribution in [0.25, 0.3) is 0 Å². The molecule has 2 rings (SSSR count). The molecule has 0 aromatic heterocycles. The number of benzene rings is 2. The second-order valence-electron chi connectivity index (χ2n) is 3.66. The van der Waals surface area contributed by atoms with Crippen molar-refractivity contribution in [3.05, 3.63) is 60.2 Å². The van der Waals surface area contributed by atoms with E-state index in [4.69, 9.17) is 4.74 Å². The quantitative estimate of drug-likeness (QED) is 0.690. The predicted octanol–water partition coefficient (Wildman–Crippen LogP) is 5.14. The van der Waals surface area contributed by atoms with Gasteiger partial charge in [0.25, 0.3) is 0 Å². The monoisotopic (exact) mass is 354 g/mol. The normalized spacial score (nSPS) is 10.5. The minimum Gasteiger partial charge on any atom is -0.457 e. The van der Waals surface area contributed by atoms with Crippen molar-refractivity contribution in [3.8, 4) is 11.5 Å². The molecular formula is C14H12Br2O. The lowest BCUT2D eigenvalue weighted by Gasteiger charge is -2.08. The van der Waals surface area contributed by atoms with E-state index in [1.54, 1.807) is 0 Å². The number of para-hydroxylation sites is 1. The van der Waals surface area contributed by atoms with Crippen molar-refractivity contribution in [1.29, 1.82) is 0 Å². The summed E-state index contributed by atoms with van der Waals surface area (Å²) in [6, 6.07) is 17.9. The fourth-order valence-corrected chi connectivity index (χ4v) is 2.29. The molecule has 1 nitrogen and oxygen atoms in total. The summed E-state index contributed by atoms with van der Waals surface area (Å²) >= 11 is 6.96. The molecule has 0 atom stereocenters. The van der Waals surface area contributed by atoms with Crippen molar-refractivity contribution in [3.63, 3.8) is 0 Å². The molecule has 3 heteroatoms. The first-order valence-electron chi connectivity index (χ1n) is 5.34. The second-order valence-corrected chi connectivity index (χ2v) is 7.10. The van der Waals surface area contributed by atoms with Gasteiger partial charge in [-0.1, -0.05) is 62.2 Å². The van der Waals surface area contributed by atoms with Crippen LogP contribution in [0, 0.1) is 0 Å². The van der Waals surface area contributed by atoms with Gasteiger partial charge in [0.1, 0.15) is 11.5 Å². The van der Waals surface area contributed by atoms with Gasteiger partial charge in [-0.2, -0.15) is 0 Å². The summed E-state index contributed by atoms with van der Waals surface area (Å²) < 4.78 is 6.06. The summed E-state index contributed by atoms with van der Waals surface area (Å²) in [7, 11) is 0. The average Bonchev–Trinajstić information content (AvgIpc) is 2.30. The Morgan fingerprint density at radius 1 is 0.882 bits per heavy atom. The van der Waals surface area contributed by atoms with E-state index in [1.165, 1.54) is 5.56 Å². The van der Waals surface area contributed by atoms with Crippen molar-refractivity contribution in [2.75, 3.05) is 0 Å².